The van der Waals surface area contributed by atoms with Crippen LogP contribution in [0, 0.1) is 5.92 Å². The van der Waals surface area contributed by atoms with E-state index in [1.54, 1.807) is 12.1 Å². The molecule has 0 radical (unpaired) electrons. The van der Waals surface area contributed by atoms with E-state index in [1.807, 2.05) is 42.5 Å². The van der Waals surface area contributed by atoms with Gasteiger partial charge in [0.2, 0.25) is 0 Å². The minimum Gasteiger partial charge on any atom is -0.377 e. The van der Waals surface area contributed by atoms with Crippen molar-refractivity contribution >= 4 is 5.69 Å². The molecule has 5 rings (SSSR count). The van der Waals surface area contributed by atoms with Gasteiger partial charge in [-0.15, -0.1) is 0 Å². The van der Waals surface area contributed by atoms with Crippen LogP contribution in [0.5, 0.6) is 0 Å². The number of alkyl halides is 3. The van der Waals surface area contributed by atoms with E-state index in [0.717, 1.165) is 28.8 Å². The van der Waals surface area contributed by atoms with Crippen LogP contribution in [-0.4, -0.2) is 0 Å². The van der Waals surface area contributed by atoms with Crippen LogP contribution < -0.4 is 5.32 Å². The lowest BCUT2D eigenvalue weighted by Gasteiger charge is -2.39. The van der Waals surface area contributed by atoms with Crippen molar-refractivity contribution in [2.75, 3.05) is 5.32 Å². The van der Waals surface area contributed by atoms with Gasteiger partial charge in [0, 0.05) is 17.2 Å². The van der Waals surface area contributed by atoms with E-state index in [9.17, 15) is 13.2 Å². The van der Waals surface area contributed by atoms with E-state index in [2.05, 4.69) is 23.5 Å². The summed E-state index contributed by atoms with van der Waals surface area (Å²) in [5, 5.41) is 3.52. The number of halogens is 3. The van der Waals surface area contributed by atoms with Crippen molar-refractivity contribution < 1.29 is 13.2 Å². The predicted molar refractivity (Wildman–Crippen MR) is 110 cm³/mol. The van der Waals surface area contributed by atoms with Gasteiger partial charge in [-0.25, -0.2) is 0 Å². The topological polar surface area (TPSA) is 12.0 Å². The van der Waals surface area contributed by atoms with E-state index in [4.69, 9.17) is 0 Å². The molecule has 3 aromatic rings. The summed E-state index contributed by atoms with van der Waals surface area (Å²) in [6.07, 6.45) is 0.648. The summed E-state index contributed by atoms with van der Waals surface area (Å²) in [6, 6.07) is 21.7. The van der Waals surface area contributed by atoms with E-state index in [1.165, 1.54) is 12.1 Å². The van der Waals surface area contributed by atoms with Crippen molar-refractivity contribution in [2.24, 2.45) is 5.92 Å². The van der Waals surface area contributed by atoms with Crippen LogP contribution in [0.25, 0.3) is 11.1 Å². The molecule has 3 atom stereocenters. The number of allylic oxidation sites excluding steroid dienone is 2. The molecule has 29 heavy (non-hydrogen) atoms. The maximum atomic E-state index is 13.7. The second-order valence-electron chi connectivity index (χ2n) is 7.70. The summed E-state index contributed by atoms with van der Waals surface area (Å²) in [5.41, 5.74) is 3.95. The SMILES string of the molecule is FC(F)(F)c1ccccc1[C@@H]1Nc2c(-c3ccccc3)cccc2[C@H]2C=CC[C@H]21. The molecule has 146 valence electrons. The normalized spacial score (nSPS) is 22.7. The molecule has 0 aromatic heterocycles. The van der Waals surface area contributed by atoms with Crippen molar-refractivity contribution in [2.45, 2.75) is 24.6 Å². The molecule has 0 fully saturated rings. The molecule has 1 heterocycles. The van der Waals surface area contributed by atoms with Crippen molar-refractivity contribution in [3.05, 3.63) is 102 Å². The van der Waals surface area contributed by atoms with E-state index >= 15 is 0 Å². The average Bonchev–Trinajstić information content (AvgIpc) is 3.23. The first kappa shape index (κ1) is 18.0. The van der Waals surface area contributed by atoms with Crippen LogP contribution in [0.4, 0.5) is 18.9 Å². The number of rotatable bonds is 2. The number of hydrogen-bond acceptors (Lipinski definition) is 1. The standard InChI is InChI=1S/C25H20F3N/c26-25(27,28)22-15-5-4-10-21(22)24-20-14-7-12-18(20)19-13-6-11-17(23(19)29-24)16-8-2-1-3-9-16/h1-13,15,18,20,24,29H,14H2/t18-,20-,24-/m1/s1. The molecule has 2 aliphatic rings. The molecule has 3 aromatic carbocycles. The molecule has 0 saturated heterocycles. The molecule has 0 unspecified atom stereocenters. The molecule has 0 saturated carbocycles. The Labute approximate surface area is 167 Å². The smallest absolute Gasteiger partial charge is 0.377 e. The molecular formula is C25H20F3N. The van der Waals surface area contributed by atoms with Gasteiger partial charge in [0.25, 0.3) is 0 Å². The van der Waals surface area contributed by atoms with Gasteiger partial charge < -0.3 is 5.32 Å². The van der Waals surface area contributed by atoms with Gasteiger partial charge in [0.15, 0.2) is 0 Å². The lowest BCUT2D eigenvalue weighted by atomic mass is 9.75. The van der Waals surface area contributed by atoms with E-state index < -0.39 is 17.8 Å². The summed E-state index contributed by atoms with van der Waals surface area (Å²) in [5.74, 6) is 0.179. The monoisotopic (exact) mass is 391 g/mol. The van der Waals surface area contributed by atoms with Crippen LogP contribution in [-0.2, 0) is 6.18 Å². The quantitative estimate of drug-likeness (QED) is 0.456. The first-order valence-electron chi connectivity index (χ1n) is 9.81. The van der Waals surface area contributed by atoms with Crippen LogP contribution in [0.15, 0.2) is 84.9 Å². The van der Waals surface area contributed by atoms with Gasteiger partial charge in [-0.2, -0.15) is 13.2 Å². The van der Waals surface area contributed by atoms with Crippen LogP contribution in [0.1, 0.15) is 35.1 Å². The Bertz CT molecular complexity index is 1070. The van der Waals surface area contributed by atoms with Crippen molar-refractivity contribution in [3.63, 3.8) is 0 Å². The first-order chi connectivity index (χ1) is 14.0. The number of fused-ring (bicyclic) bond motifs is 3. The molecule has 1 N–H and O–H groups in total. The van der Waals surface area contributed by atoms with Crippen molar-refractivity contribution in [1.82, 2.24) is 0 Å². The Morgan fingerprint density at radius 2 is 1.52 bits per heavy atom. The van der Waals surface area contributed by atoms with Crippen LogP contribution in [0.2, 0.25) is 0 Å². The van der Waals surface area contributed by atoms with Gasteiger partial charge in [-0.3, -0.25) is 0 Å². The summed E-state index contributed by atoms with van der Waals surface area (Å²) >= 11 is 0. The second kappa shape index (κ2) is 6.80. The van der Waals surface area contributed by atoms with E-state index in [0.29, 0.717) is 5.56 Å². The number of para-hydroxylation sites is 1. The van der Waals surface area contributed by atoms with Gasteiger partial charge in [-0.1, -0.05) is 78.9 Å². The Morgan fingerprint density at radius 1 is 0.793 bits per heavy atom. The molecular weight excluding hydrogens is 371 g/mol. The van der Waals surface area contributed by atoms with Gasteiger partial charge in [-0.05, 0) is 35.1 Å². The van der Waals surface area contributed by atoms with Crippen LogP contribution in [0.3, 0.4) is 0 Å². The lowest BCUT2D eigenvalue weighted by Crippen LogP contribution is -2.31. The second-order valence-corrected chi connectivity index (χ2v) is 7.70. The van der Waals surface area contributed by atoms with Gasteiger partial charge >= 0.3 is 6.18 Å². The number of hydrogen-bond donors (Lipinski definition) is 1. The predicted octanol–water partition coefficient (Wildman–Crippen LogP) is 7.20. The Kier molecular flexibility index (Phi) is 4.23. The molecule has 1 aliphatic heterocycles. The lowest BCUT2D eigenvalue weighted by molar-refractivity contribution is -0.138. The maximum absolute atomic E-state index is 13.7. The van der Waals surface area contributed by atoms with Gasteiger partial charge in [0.1, 0.15) is 0 Å². The average molecular weight is 391 g/mol. The molecule has 0 spiro atoms. The Balaban J connectivity index is 1.67. The number of benzene rings is 3. The van der Waals surface area contributed by atoms with Gasteiger partial charge in [0.05, 0.1) is 11.6 Å². The fourth-order valence-corrected chi connectivity index (χ4v) is 4.81. The molecule has 1 aliphatic carbocycles. The minimum atomic E-state index is -4.38. The first-order valence-corrected chi connectivity index (χ1v) is 9.81. The largest absolute Gasteiger partial charge is 0.416 e. The third-order valence-electron chi connectivity index (χ3n) is 6.08. The Hall–Kier alpha value is -3.01. The zero-order chi connectivity index (χ0) is 20.0. The van der Waals surface area contributed by atoms with Crippen molar-refractivity contribution in [3.8, 4) is 11.1 Å². The highest BCUT2D eigenvalue weighted by Gasteiger charge is 2.42. The molecule has 0 amide bonds. The molecule has 0 bridgehead atoms. The van der Waals surface area contributed by atoms with Crippen molar-refractivity contribution in [1.29, 1.82) is 0 Å². The highest BCUT2D eigenvalue weighted by molar-refractivity contribution is 5.82. The molecule has 4 heteroatoms. The zero-order valence-electron chi connectivity index (χ0n) is 15.7. The van der Waals surface area contributed by atoms with E-state index in [-0.39, 0.29) is 11.8 Å². The number of nitrogens with one attached hydrogen (secondary N) is 1. The summed E-state index contributed by atoms with van der Waals surface area (Å²) in [7, 11) is 0. The fraction of sp³-hybridized carbons (Fsp3) is 0.200. The summed E-state index contributed by atoms with van der Waals surface area (Å²) in [4.78, 5) is 0. The fourth-order valence-electron chi connectivity index (χ4n) is 4.81. The highest BCUT2D eigenvalue weighted by atomic mass is 19.4. The summed E-state index contributed by atoms with van der Waals surface area (Å²) in [6.45, 7) is 0. The molecule has 1 nitrogen and oxygen atoms in total. The highest BCUT2D eigenvalue weighted by Crippen LogP contribution is 2.53. The third kappa shape index (κ3) is 3.03. The Morgan fingerprint density at radius 3 is 2.31 bits per heavy atom. The maximum Gasteiger partial charge on any atom is 0.416 e. The summed E-state index contributed by atoms with van der Waals surface area (Å²) < 4.78 is 41.2. The zero-order valence-corrected chi connectivity index (χ0v) is 15.7. The van der Waals surface area contributed by atoms with Crippen LogP contribution >= 0.6 is 0 Å². The minimum absolute atomic E-state index is 0.0667. The third-order valence-corrected chi connectivity index (χ3v) is 6.08. The number of anilines is 1.